The van der Waals surface area contributed by atoms with Crippen molar-refractivity contribution in [3.05, 3.63) is 0 Å². The zero-order valence-corrected chi connectivity index (χ0v) is 11.6. The van der Waals surface area contributed by atoms with Crippen molar-refractivity contribution in [3.63, 3.8) is 0 Å². The number of rotatable bonds is 10. The van der Waals surface area contributed by atoms with E-state index in [1.807, 2.05) is 0 Å². The molecule has 0 aromatic heterocycles. The van der Waals surface area contributed by atoms with Gasteiger partial charge in [0.2, 0.25) is 10.0 Å². The van der Waals surface area contributed by atoms with Crippen molar-refractivity contribution in [2.45, 2.75) is 25.7 Å². The highest BCUT2D eigenvalue weighted by Crippen LogP contribution is 2.01. The molecule has 0 aromatic rings. The average Bonchev–Trinajstić information content (AvgIpc) is 2.20. The highest BCUT2D eigenvalue weighted by Gasteiger charge is 2.07. The molecular weight excluding hydrogens is 282 g/mol. The summed E-state index contributed by atoms with van der Waals surface area (Å²) in [7, 11) is -1.62. The summed E-state index contributed by atoms with van der Waals surface area (Å²) in [5.41, 5.74) is 0. The van der Waals surface area contributed by atoms with E-state index in [-0.39, 0.29) is 12.4 Å². The molecule has 0 unspecified atom stereocenters. The Kier molecular flexibility index (Phi) is 9.79. The predicted molar refractivity (Wildman–Crippen MR) is 65.9 cm³/mol. The normalized spacial score (nSPS) is 11.9. The highest BCUT2D eigenvalue weighted by molar-refractivity contribution is 9.09. The number of nitrogens with one attached hydrogen (secondary N) is 1. The maximum atomic E-state index is 11.3. The van der Waals surface area contributed by atoms with E-state index in [0.29, 0.717) is 6.54 Å². The molecule has 0 fully saturated rings. The zero-order valence-electron chi connectivity index (χ0n) is 9.17. The highest BCUT2D eigenvalue weighted by atomic mass is 79.9. The van der Waals surface area contributed by atoms with Crippen molar-refractivity contribution in [2.75, 3.05) is 31.3 Å². The Bertz CT molecular complexity index is 232. The van der Waals surface area contributed by atoms with E-state index in [1.165, 1.54) is 7.11 Å². The maximum Gasteiger partial charge on any atom is 0.213 e. The Labute approximate surface area is 101 Å². The first kappa shape index (κ1) is 15.3. The van der Waals surface area contributed by atoms with Crippen LogP contribution in [0.1, 0.15) is 25.7 Å². The molecule has 0 aliphatic heterocycles. The molecule has 0 aromatic carbocycles. The van der Waals surface area contributed by atoms with Crippen molar-refractivity contribution in [3.8, 4) is 0 Å². The van der Waals surface area contributed by atoms with Crippen LogP contribution in [0.15, 0.2) is 0 Å². The summed E-state index contributed by atoms with van der Waals surface area (Å²) in [5, 5.41) is 1.02. The molecule has 0 radical (unpaired) electrons. The number of hydrogen-bond acceptors (Lipinski definition) is 3. The van der Waals surface area contributed by atoms with Gasteiger partial charge in [-0.2, -0.15) is 0 Å². The van der Waals surface area contributed by atoms with E-state index in [1.54, 1.807) is 0 Å². The number of alkyl halides is 1. The van der Waals surface area contributed by atoms with Gasteiger partial charge in [0.1, 0.15) is 0 Å². The van der Waals surface area contributed by atoms with E-state index in [0.717, 1.165) is 31.0 Å². The SMILES string of the molecule is COCCS(=O)(=O)NCCCCCCBr. The summed E-state index contributed by atoms with van der Waals surface area (Å²) in [4.78, 5) is 0. The van der Waals surface area contributed by atoms with Gasteiger partial charge in [0.05, 0.1) is 12.4 Å². The number of methoxy groups -OCH3 is 1. The van der Waals surface area contributed by atoms with Crippen LogP contribution in [-0.2, 0) is 14.8 Å². The Morgan fingerprint density at radius 3 is 2.47 bits per heavy atom. The minimum Gasteiger partial charge on any atom is -0.384 e. The summed E-state index contributed by atoms with van der Waals surface area (Å²) in [6.45, 7) is 0.785. The van der Waals surface area contributed by atoms with Gasteiger partial charge in [-0.25, -0.2) is 13.1 Å². The fourth-order valence-electron chi connectivity index (χ4n) is 1.07. The van der Waals surface area contributed by atoms with E-state index >= 15 is 0 Å². The second-order valence-electron chi connectivity index (χ2n) is 3.31. The van der Waals surface area contributed by atoms with Gasteiger partial charge in [0, 0.05) is 19.0 Å². The molecule has 0 aliphatic rings. The molecule has 0 rings (SSSR count). The topological polar surface area (TPSA) is 55.4 Å². The molecule has 1 N–H and O–H groups in total. The lowest BCUT2D eigenvalue weighted by Gasteiger charge is -2.05. The fraction of sp³-hybridized carbons (Fsp3) is 1.00. The molecule has 15 heavy (non-hydrogen) atoms. The Morgan fingerprint density at radius 2 is 1.87 bits per heavy atom. The average molecular weight is 302 g/mol. The fourth-order valence-corrected chi connectivity index (χ4v) is 2.45. The molecule has 0 saturated carbocycles. The lowest BCUT2D eigenvalue weighted by atomic mass is 10.2. The number of unbranched alkanes of at least 4 members (excludes halogenated alkanes) is 3. The first-order valence-electron chi connectivity index (χ1n) is 5.14. The first-order valence-corrected chi connectivity index (χ1v) is 7.92. The third kappa shape index (κ3) is 10.6. The van der Waals surface area contributed by atoms with Gasteiger partial charge in [-0.05, 0) is 12.8 Å². The van der Waals surface area contributed by atoms with Gasteiger partial charge in [-0.1, -0.05) is 28.8 Å². The Hall–Kier alpha value is 0.350. The quantitative estimate of drug-likeness (QED) is 0.491. The van der Waals surface area contributed by atoms with Crippen molar-refractivity contribution in [2.24, 2.45) is 0 Å². The monoisotopic (exact) mass is 301 g/mol. The van der Waals surface area contributed by atoms with Gasteiger partial charge in [0.15, 0.2) is 0 Å². The number of halogens is 1. The first-order chi connectivity index (χ1) is 7.12. The van der Waals surface area contributed by atoms with Crippen LogP contribution >= 0.6 is 15.9 Å². The molecular formula is C9H20BrNO3S. The lowest BCUT2D eigenvalue weighted by molar-refractivity contribution is 0.217. The van der Waals surface area contributed by atoms with Gasteiger partial charge in [0.25, 0.3) is 0 Å². The number of hydrogen-bond donors (Lipinski definition) is 1. The van der Waals surface area contributed by atoms with Crippen LogP contribution < -0.4 is 4.72 Å². The van der Waals surface area contributed by atoms with Crippen LogP contribution in [-0.4, -0.2) is 39.8 Å². The van der Waals surface area contributed by atoms with E-state index in [2.05, 4.69) is 20.7 Å². The smallest absolute Gasteiger partial charge is 0.213 e. The molecule has 0 aliphatic carbocycles. The molecule has 0 saturated heterocycles. The molecule has 0 heterocycles. The summed E-state index contributed by atoms with van der Waals surface area (Å²) < 4.78 is 29.8. The van der Waals surface area contributed by atoms with Crippen LogP contribution in [0.5, 0.6) is 0 Å². The molecule has 0 atom stereocenters. The molecule has 0 spiro atoms. The van der Waals surface area contributed by atoms with Crippen molar-refractivity contribution < 1.29 is 13.2 Å². The predicted octanol–water partition coefficient (Wildman–Crippen LogP) is 1.51. The van der Waals surface area contributed by atoms with Crippen molar-refractivity contribution >= 4 is 26.0 Å². The summed E-state index contributed by atoms with van der Waals surface area (Å²) in [6.07, 6.45) is 4.26. The second-order valence-corrected chi connectivity index (χ2v) is 6.03. The van der Waals surface area contributed by atoms with Crippen LogP contribution in [0.25, 0.3) is 0 Å². The molecule has 0 bridgehead atoms. The molecule has 4 nitrogen and oxygen atoms in total. The van der Waals surface area contributed by atoms with E-state index in [4.69, 9.17) is 4.74 Å². The van der Waals surface area contributed by atoms with Crippen LogP contribution in [0.4, 0.5) is 0 Å². The van der Waals surface area contributed by atoms with E-state index < -0.39 is 10.0 Å². The van der Waals surface area contributed by atoms with Gasteiger partial charge < -0.3 is 4.74 Å². The van der Waals surface area contributed by atoms with Crippen molar-refractivity contribution in [1.82, 2.24) is 4.72 Å². The van der Waals surface area contributed by atoms with E-state index in [9.17, 15) is 8.42 Å². The van der Waals surface area contributed by atoms with Crippen LogP contribution in [0.2, 0.25) is 0 Å². The third-order valence-corrected chi connectivity index (χ3v) is 3.85. The third-order valence-electron chi connectivity index (χ3n) is 1.94. The number of sulfonamides is 1. The molecule has 6 heteroatoms. The standard InChI is InChI=1S/C9H20BrNO3S/c1-14-8-9-15(12,13)11-7-5-3-2-4-6-10/h11H,2-9H2,1H3. The van der Waals surface area contributed by atoms with Crippen LogP contribution in [0, 0.1) is 0 Å². The second kappa shape index (κ2) is 9.57. The summed E-state index contributed by atoms with van der Waals surface area (Å²) in [6, 6.07) is 0. The Morgan fingerprint density at radius 1 is 1.20 bits per heavy atom. The summed E-state index contributed by atoms with van der Waals surface area (Å²) >= 11 is 3.35. The van der Waals surface area contributed by atoms with Gasteiger partial charge >= 0.3 is 0 Å². The lowest BCUT2D eigenvalue weighted by Crippen LogP contribution is -2.29. The maximum absolute atomic E-state index is 11.3. The molecule has 92 valence electrons. The minimum absolute atomic E-state index is 0.0465. The number of ether oxygens (including phenoxy) is 1. The van der Waals surface area contributed by atoms with Crippen LogP contribution in [0.3, 0.4) is 0 Å². The van der Waals surface area contributed by atoms with Crippen molar-refractivity contribution in [1.29, 1.82) is 0 Å². The Balaban J connectivity index is 3.41. The minimum atomic E-state index is -3.12. The van der Waals surface area contributed by atoms with Gasteiger partial charge in [-0.3, -0.25) is 0 Å². The van der Waals surface area contributed by atoms with Gasteiger partial charge in [-0.15, -0.1) is 0 Å². The molecule has 0 amide bonds. The summed E-state index contributed by atoms with van der Waals surface area (Å²) in [5.74, 6) is 0.0465. The largest absolute Gasteiger partial charge is 0.384 e. The zero-order chi connectivity index (χ0) is 11.6.